The highest BCUT2D eigenvalue weighted by atomic mass is 32.2. The summed E-state index contributed by atoms with van der Waals surface area (Å²) in [7, 11) is 1.67. The van der Waals surface area contributed by atoms with Gasteiger partial charge < -0.3 is 19.9 Å². The van der Waals surface area contributed by atoms with Crippen LogP contribution >= 0.6 is 11.8 Å². The number of hydrogen-bond donors (Lipinski definition) is 1. The Morgan fingerprint density at radius 2 is 1.73 bits per heavy atom. The maximum atomic E-state index is 14.4. The van der Waals surface area contributed by atoms with E-state index < -0.39 is 11.2 Å². The number of amides is 2. The number of nitrogens with zero attached hydrogens (tertiary/aromatic N) is 3. The molecular formula is C32H37FN4O3S. The van der Waals surface area contributed by atoms with Crippen molar-refractivity contribution in [2.75, 3.05) is 56.2 Å². The lowest BCUT2D eigenvalue weighted by Gasteiger charge is -2.36. The standard InChI is InChI=1S/C32H37FN4O3S/c1-23(30-32(39)37(22-24-8-3-4-9-27(24)33)28-10-5-6-11-29(28)41-30)31(38)34-16-7-17-35-18-20-36(21-19-35)25-12-14-26(40-2)15-13-25/h3-6,8-15,23,30H,7,16-22H2,1-2H3,(H,34,38). The lowest BCUT2D eigenvalue weighted by molar-refractivity contribution is -0.128. The van der Waals surface area contributed by atoms with Crippen LogP contribution in [-0.4, -0.2) is 68.3 Å². The SMILES string of the molecule is COc1ccc(N2CCN(CCCNC(=O)C(C)C3Sc4ccccc4N(Cc4ccccc4F)C3=O)CC2)cc1. The number of halogens is 1. The maximum absolute atomic E-state index is 14.4. The van der Waals surface area contributed by atoms with Gasteiger partial charge in [0.25, 0.3) is 0 Å². The summed E-state index contributed by atoms with van der Waals surface area (Å²) in [4.78, 5) is 34.1. The minimum Gasteiger partial charge on any atom is -0.497 e. The normalized spacial score (nSPS) is 18.1. The number of nitrogens with one attached hydrogen (secondary N) is 1. The zero-order chi connectivity index (χ0) is 28.8. The van der Waals surface area contributed by atoms with E-state index in [0.29, 0.717) is 12.1 Å². The number of methoxy groups -OCH3 is 1. The van der Waals surface area contributed by atoms with E-state index in [-0.39, 0.29) is 24.2 Å². The molecule has 2 unspecified atom stereocenters. The summed E-state index contributed by atoms with van der Waals surface area (Å²) in [5.74, 6) is -0.322. The first-order valence-corrected chi connectivity index (χ1v) is 15.0. The minimum absolute atomic E-state index is 0.125. The molecule has 0 saturated carbocycles. The number of anilines is 2. The molecule has 5 rings (SSSR count). The van der Waals surface area contributed by atoms with E-state index in [1.54, 1.807) is 37.1 Å². The van der Waals surface area contributed by atoms with Crippen LogP contribution in [0.25, 0.3) is 0 Å². The van der Waals surface area contributed by atoms with E-state index in [2.05, 4.69) is 27.2 Å². The summed E-state index contributed by atoms with van der Waals surface area (Å²) in [5, 5.41) is 2.47. The number of carbonyl (C=O) groups excluding carboxylic acids is 2. The van der Waals surface area contributed by atoms with Gasteiger partial charge in [0.1, 0.15) is 16.8 Å². The van der Waals surface area contributed by atoms with Crippen LogP contribution in [0.2, 0.25) is 0 Å². The Balaban J connectivity index is 1.11. The summed E-state index contributed by atoms with van der Waals surface area (Å²) < 4.78 is 19.7. The monoisotopic (exact) mass is 576 g/mol. The third-order valence-electron chi connectivity index (χ3n) is 7.83. The molecular weight excluding hydrogens is 539 g/mol. The number of ether oxygens (including phenoxy) is 1. The second-order valence-corrected chi connectivity index (χ2v) is 11.7. The van der Waals surface area contributed by atoms with Gasteiger partial charge in [-0.2, -0.15) is 0 Å². The molecule has 2 aliphatic heterocycles. The highest BCUT2D eigenvalue weighted by molar-refractivity contribution is 8.01. The van der Waals surface area contributed by atoms with Crippen LogP contribution in [0.5, 0.6) is 5.75 Å². The number of fused-ring (bicyclic) bond motifs is 1. The van der Waals surface area contributed by atoms with Crippen molar-refractivity contribution in [2.45, 2.75) is 30.0 Å². The molecule has 9 heteroatoms. The Kier molecular flexibility index (Phi) is 9.46. The van der Waals surface area contributed by atoms with Crippen LogP contribution in [0.3, 0.4) is 0 Å². The summed E-state index contributed by atoms with van der Waals surface area (Å²) >= 11 is 1.42. The van der Waals surface area contributed by atoms with E-state index >= 15 is 0 Å². The van der Waals surface area contributed by atoms with Crippen LogP contribution < -0.4 is 19.9 Å². The summed E-state index contributed by atoms with van der Waals surface area (Å²) in [6.45, 7) is 7.26. The van der Waals surface area contributed by atoms with Crippen LogP contribution in [-0.2, 0) is 16.1 Å². The number of hydrogen-bond acceptors (Lipinski definition) is 6. The van der Waals surface area contributed by atoms with Crippen molar-refractivity contribution in [1.29, 1.82) is 0 Å². The number of piperazine rings is 1. The van der Waals surface area contributed by atoms with E-state index in [4.69, 9.17) is 4.74 Å². The number of thioether (sulfide) groups is 1. The van der Waals surface area contributed by atoms with Crippen molar-refractivity contribution >= 4 is 35.0 Å². The highest BCUT2D eigenvalue weighted by Gasteiger charge is 2.39. The van der Waals surface area contributed by atoms with Gasteiger partial charge in [-0.05, 0) is 55.4 Å². The van der Waals surface area contributed by atoms with Crippen molar-refractivity contribution in [2.24, 2.45) is 5.92 Å². The predicted octanol–water partition coefficient (Wildman–Crippen LogP) is 4.81. The van der Waals surface area contributed by atoms with Crippen LogP contribution in [0, 0.1) is 11.7 Å². The van der Waals surface area contributed by atoms with Crippen LogP contribution in [0.1, 0.15) is 18.9 Å². The molecule has 2 heterocycles. The topological polar surface area (TPSA) is 65.1 Å². The van der Waals surface area contributed by atoms with E-state index in [9.17, 15) is 14.0 Å². The lowest BCUT2D eigenvalue weighted by Crippen LogP contribution is -2.48. The minimum atomic E-state index is -0.581. The molecule has 0 bridgehead atoms. The molecule has 2 aliphatic rings. The zero-order valence-electron chi connectivity index (χ0n) is 23.6. The molecule has 0 aliphatic carbocycles. The van der Waals surface area contributed by atoms with Gasteiger partial charge in [-0.1, -0.05) is 37.3 Å². The van der Waals surface area contributed by atoms with Gasteiger partial charge in [-0.3, -0.25) is 14.5 Å². The van der Waals surface area contributed by atoms with Crippen LogP contribution in [0.4, 0.5) is 15.8 Å². The third kappa shape index (κ3) is 6.85. The van der Waals surface area contributed by atoms with Gasteiger partial charge in [0, 0.05) is 48.9 Å². The summed E-state index contributed by atoms with van der Waals surface area (Å²) in [6.07, 6.45) is 0.842. The van der Waals surface area contributed by atoms with Crippen molar-refractivity contribution in [3.05, 3.63) is 84.2 Å². The number of carbonyl (C=O) groups is 2. The fourth-order valence-electron chi connectivity index (χ4n) is 5.35. The molecule has 0 radical (unpaired) electrons. The molecule has 1 saturated heterocycles. The molecule has 3 aromatic rings. The second kappa shape index (κ2) is 13.4. The Bertz CT molecular complexity index is 1350. The number of para-hydroxylation sites is 1. The third-order valence-corrected chi connectivity index (χ3v) is 9.30. The van der Waals surface area contributed by atoms with Gasteiger partial charge in [-0.15, -0.1) is 11.8 Å². The average Bonchev–Trinajstić information content (AvgIpc) is 3.01. The molecule has 2 atom stereocenters. The van der Waals surface area contributed by atoms with Crippen molar-refractivity contribution in [3.63, 3.8) is 0 Å². The molecule has 41 heavy (non-hydrogen) atoms. The molecule has 3 aromatic carbocycles. The zero-order valence-corrected chi connectivity index (χ0v) is 24.4. The van der Waals surface area contributed by atoms with Crippen LogP contribution in [0.15, 0.2) is 77.7 Å². The maximum Gasteiger partial charge on any atom is 0.241 e. The summed E-state index contributed by atoms with van der Waals surface area (Å²) in [6, 6.07) is 22.3. The van der Waals surface area contributed by atoms with Crippen molar-refractivity contribution in [1.82, 2.24) is 10.2 Å². The fraction of sp³-hybridized carbons (Fsp3) is 0.375. The largest absolute Gasteiger partial charge is 0.497 e. The number of benzene rings is 3. The Hall–Kier alpha value is -3.56. The van der Waals surface area contributed by atoms with E-state index in [0.717, 1.165) is 55.5 Å². The smallest absolute Gasteiger partial charge is 0.241 e. The molecule has 216 valence electrons. The molecule has 0 spiro atoms. The first-order chi connectivity index (χ1) is 19.9. The Labute approximate surface area is 245 Å². The molecule has 0 aromatic heterocycles. The van der Waals surface area contributed by atoms with Gasteiger partial charge in [0.05, 0.1) is 25.3 Å². The fourth-order valence-corrected chi connectivity index (χ4v) is 6.64. The summed E-state index contributed by atoms with van der Waals surface area (Å²) in [5.41, 5.74) is 2.40. The highest BCUT2D eigenvalue weighted by Crippen LogP contribution is 2.42. The van der Waals surface area contributed by atoms with Crippen molar-refractivity contribution in [3.8, 4) is 5.75 Å². The average molecular weight is 577 g/mol. The Morgan fingerprint density at radius 1 is 1.02 bits per heavy atom. The quantitative estimate of drug-likeness (QED) is 0.350. The van der Waals surface area contributed by atoms with Gasteiger partial charge in [0.15, 0.2) is 0 Å². The van der Waals surface area contributed by atoms with Gasteiger partial charge in [-0.25, -0.2) is 4.39 Å². The van der Waals surface area contributed by atoms with Gasteiger partial charge in [0.2, 0.25) is 11.8 Å². The molecule has 1 fully saturated rings. The lowest BCUT2D eigenvalue weighted by atomic mass is 10.0. The Morgan fingerprint density at radius 3 is 2.46 bits per heavy atom. The molecule has 7 nitrogen and oxygen atoms in total. The second-order valence-electron chi connectivity index (χ2n) is 10.5. The molecule has 1 N–H and O–H groups in total. The predicted molar refractivity (Wildman–Crippen MR) is 162 cm³/mol. The number of rotatable bonds is 10. The van der Waals surface area contributed by atoms with E-state index in [1.807, 2.05) is 36.4 Å². The van der Waals surface area contributed by atoms with Crippen molar-refractivity contribution < 1.29 is 18.7 Å². The molecule has 2 amide bonds. The first-order valence-electron chi connectivity index (χ1n) is 14.1. The van der Waals surface area contributed by atoms with E-state index in [1.165, 1.54) is 23.5 Å². The first kappa shape index (κ1) is 29.0. The van der Waals surface area contributed by atoms with Gasteiger partial charge >= 0.3 is 0 Å².